The summed E-state index contributed by atoms with van der Waals surface area (Å²) in [5.74, 6) is -0.929. The zero-order valence-corrected chi connectivity index (χ0v) is 16.2. The average molecular weight is 362 g/mol. The Bertz CT molecular complexity index is 639. The molecule has 1 aliphatic rings. The second-order valence-corrected chi connectivity index (χ2v) is 7.77. The maximum absolute atomic E-state index is 12.6. The van der Waals surface area contributed by atoms with Crippen molar-refractivity contribution in [3.63, 3.8) is 0 Å². The second kappa shape index (κ2) is 8.43. The number of unbranched alkanes of at least 4 members (excludes halogenated alkanes) is 1. The SMILES string of the molecule is CCCCC1CN(c2cccc(C(=O)O)c2)CCN1C(=O)OC(C)(C)C. The van der Waals surface area contributed by atoms with E-state index in [1.807, 2.05) is 31.7 Å². The van der Waals surface area contributed by atoms with Gasteiger partial charge >= 0.3 is 12.1 Å². The molecule has 1 amide bonds. The van der Waals surface area contributed by atoms with Gasteiger partial charge in [0.25, 0.3) is 0 Å². The van der Waals surface area contributed by atoms with Crippen LogP contribution in [0.15, 0.2) is 24.3 Å². The van der Waals surface area contributed by atoms with Crippen molar-refractivity contribution in [2.75, 3.05) is 24.5 Å². The predicted molar refractivity (Wildman–Crippen MR) is 102 cm³/mol. The lowest BCUT2D eigenvalue weighted by Gasteiger charge is -2.42. The summed E-state index contributed by atoms with van der Waals surface area (Å²) >= 11 is 0. The third kappa shape index (κ3) is 5.38. The van der Waals surface area contributed by atoms with E-state index < -0.39 is 11.6 Å². The van der Waals surface area contributed by atoms with Crippen LogP contribution in [-0.2, 0) is 4.74 Å². The van der Waals surface area contributed by atoms with Crippen molar-refractivity contribution in [2.45, 2.75) is 58.6 Å². The molecule has 1 saturated heterocycles. The number of ether oxygens (including phenoxy) is 1. The smallest absolute Gasteiger partial charge is 0.410 e. The number of nitrogens with zero attached hydrogens (tertiary/aromatic N) is 2. The Labute approximate surface area is 155 Å². The summed E-state index contributed by atoms with van der Waals surface area (Å²) in [6.45, 7) is 9.67. The number of carboxylic acids is 1. The molecule has 0 aromatic heterocycles. The van der Waals surface area contributed by atoms with Gasteiger partial charge in [0.15, 0.2) is 0 Å². The molecule has 0 spiro atoms. The van der Waals surface area contributed by atoms with Crippen molar-refractivity contribution in [1.29, 1.82) is 0 Å². The van der Waals surface area contributed by atoms with Gasteiger partial charge in [-0.2, -0.15) is 0 Å². The first-order valence-corrected chi connectivity index (χ1v) is 9.29. The Morgan fingerprint density at radius 3 is 2.62 bits per heavy atom. The van der Waals surface area contributed by atoms with E-state index in [9.17, 15) is 14.7 Å². The normalized spacial score (nSPS) is 17.9. The minimum Gasteiger partial charge on any atom is -0.478 e. The van der Waals surface area contributed by atoms with E-state index in [1.165, 1.54) is 0 Å². The molecule has 1 unspecified atom stereocenters. The summed E-state index contributed by atoms with van der Waals surface area (Å²) in [5.41, 5.74) is 0.650. The lowest BCUT2D eigenvalue weighted by molar-refractivity contribution is 0.0129. The van der Waals surface area contributed by atoms with Crippen LogP contribution in [0, 0.1) is 0 Å². The highest BCUT2D eigenvalue weighted by Crippen LogP contribution is 2.24. The molecule has 1 aromatic carbocycles. The molecule has 144 valence electrons. The van der Waals surface area contributed by atoms with Crippen LogP contribution in [0.4, 0.5) is 10.5 Å². The highest BCUT2D eigenvalue weighted by Gasteiger charge is 2.33. The molecule has 0 bridgehead atoms. The molecule has 0 saturated carbocycles. The highest BCUT2D eigenvalue weighted by molar-refractivity contribution is 5.88. The van der Waals surface area contributed by atoms with E-state index in [0.29, 0.717) is 19.6 Å². The van der Waals surface area contributed by atoms with Gasteiger partial charge in [-0.05, 0) is 45.4 Å². The van der Waals surface area contributed by atoms with Gasteiger partial charge in [0.05, 0.1) is 11.6 Å². The van der Waals surface area contributed by atoms with Crippen molar-refractivity contribution >= 4 is 17.7 Å². The number of carbonyl (C=O) groups is 2. The fourth-order valence-electron chi connectivity index (χ4n) is 3.17. The maximum atomic E-state index is 12.6. The quantitative estimate of drug-likeness (QED) is 0.857. The van der Waals surface area contributed by atoms with Gasteiger partial charge in [0, 0.05) is 25.3 Å². The topological polar surface area (TPSA) is 70.1 Å². The van der Waals surface area contributed by atoms with Crippen LogP contribution in [0.2, 0.25) is 0 Å². The van der Waals surface area contributed by atoms with Crippen molar-refractivity contribution < 1.29 is 19.4 Å². The van der Waals surface area contributed by atoms with Crippen LogP contribution in [-0.4, -0.2) is 53.3 Å². The number of carbonyl (C=O) groups excluding carboxylic acids is 1. The molecule has 0 aliphatic carbocycles. The van der Waals surface area contributed by atoms with Gasteiger partial charge in [-0.3, -0.25) is 0 Å². The number of benzene rings is 1. The fourth-order valence-corrected chi connectivity index (χ4v) is 3.17. The molecule has 1 heterocycles. The van der Waals surface area contributed by atoms with Crippen LogP contribution >= 0.6 is 0 Å². The van der Waals surface area contributed by atoms with Crippen LogP contribution in [0.25, 0.3) is 0 Å². The first-order chi connectivity index (χ1) is 12.2. The molecule has 1 aromatic rings. The maximum Gasteiger partial charge on any atom is 0.410 e. The number of carboxylic acid groups (broad SMARTS) is 1. The summed E-state index contributed by atoms with van der Waals surface area (Å²) in [6.07, 6.45) is 2.74. The Kier molecular flexibility index (Phi) is 6.51. The molecule has 1 aliphatic heterocycles. The largest absolute Gasteiger partial charge is 0.478 e. The molecule has 6 heteroatoms. The van der Waals surface area contributed by atoms with Gasteiger partial charge in [0.1, 0.15) is 5.60 Å². The number of piperazine rings is 1. The second-order valence-electron chi connectivity index (χ2n) is 7.77. The number of rotatable bonds is 5. The van der Waals surface area contributed by atoms with Gasteiger partial charge in [-0.1, -0.05) is 25.8 Å². The van der Waals surface area contributed by atoms with Gasteiger partial charge in [0.2, 0.25) is 0 Å². The summed E-state index contributed by atoms with van der Waals surface area (Å²) in [7, 11) is 0. The number of hydrogen-bond acceptors (Lipinski definition) is 4. The van der Waals surface area contributed by atoms with Crippen molar-refractivity contribution in [1.82, 2.24) is 4.90 Å². The van der Waals surface area contributed by atoms with Gasteiger partial charge in [-0.15, -0.1) is 0 Å². The van der Waals surface area contributed by atoms with Crippen molar-refractivity contribution in [3.8, 4) is 0 Å². The minimum atomic E-state index is -0.929. The zero-order valence-electron chi connectivity index (χ0n) is 16.2. The van der Waals surface area contributed by atoms with Crippen LogP contribution in [0.5, 0.6) is 0 Å². The minimum absolute atomic E-state index is 0.0621. The Morgan fingerprint density at radius 2 is 2.00 bits per heavy atom. The van der Waals surface area contributed by atoms with E-state index >= 15 is 0 Å². The van der Waals surface area contributed by atoms with E-state index in [-0.39, 0.29) is 17.7 Å². The van der Waals surface area contributed by atoms with Gasteiger partial charge in [-0.25, -0.2) is 9.59 Å². The third-order valence-corrected chi connectivity index (χ3v) is 4.46. The molecule has 6 nitrogen and oxygen atoms in total. The first-order valence-electron chi connectivity index (χ1n) is 9.29. The molecule has 2 rings (SSSR count). The lowest BCUT2D eigenvalue weighted by atomic mass is 10.0. The van der Waals surface area contributed by atoms with Gasteiger partial charge < -0.3 is 19.6 Å². The first kappa shape index (κ1) is 20.1. The number of aromatic carboxylic acids is 1. The average Bonchev–Trinajstić information content (AvgIpc) is 2.58. The highest BCUT2D eigenvalue weighted by atomic mass is 16.6. The fraction of sp³-hybridized carbons (Fsp3) is 0.600. The summed E-state index contributed by atoms with van der Waals surface area (Å²) in [4.78, 5) is 27.8. The molecule has 0 radical (unpaired) electrons. The Morgan fingerprint density at radius 1 is 1.27 bits per heavy atom. The van der Waals surface area contributed by atoms with E-state index in [2.05, 4.69) is 11.8 Å². The monoisotopic (exact) mass is 362 g/mol. The lowest BCUT2D eigenvalue weighted by Crippen LogP contribution is -2.56. The standard InChI is InChI=1S/C20H30N2O4/c1-5-6-9-17-14-21(16-10-7-8-15(13-16)18(23)24)11-12-22(17)19(25)26-20(2,3)4/h7-8,10,13,17H,5-6,9,11-12,14H2,1-4H3,(H,23,24). The number of anilines is 1. The van der Waals surface area contributed by atoms with E-state index in [4.69, 9.17) is 4.74 Å². The Hall–Kier alpha value is -2.24. The summed E-state index contributed by atoms with van der Waals surface area (Å²) in [6, 6.07) is 7.04. The Balaban J connectivity index is 2.15. The van der Waals surface area contributed by atoms with Crippen LogP contribution < -0.4 is 4.90 Å². The molecule has 26 heavy (non-hydrogen) atoms. The van der Waals surface area contributed by atoms with Crippen molar-refractivity contribution in [3.05, 3.63) is 29.8 Å². The number of hydrogen-bond donors (Lipinski definition) is 1. The summed E-state index contributed by atoms with van der Waals surface area (Å²) in [5, 5.41) is 9.21. The van der Waals surface area contributed by atoms with E-state index in [1.54, 1.807) is 18.2 Å². The molecule has 1 fully saturated rings. The molecular formula is C20H30N2O4. The van der Waals surface area contributed by atoms with E-state index in [0.717, 1.165) is 24.9 Å². The van der Waals surface area contributed by atoms with Crippen LogP contribution in [0.1, 0.15) is 57.3 Å². The third-order valence-electron chi connectivity index (χ3n) is 4.46. The summed E-state index contributed by atoms with van der Waals surface area (Å²) < 4.78 is 5.57. The predicted octanol–water partition coefficient (Wildman–Crippen LogP) is 4.00. The molecule has 1 atom stereocenters. The molecule has 1 N–H and O–H groups in total. The number of amides is 1. The van der Waals surface area contributed by atoms with Crippen LogP contribution in [0.3, 0.4) is 0 Å². The molecular weight excluding hydrogens is 332 g/mol. The van der Waals surface area contributed by atoms with Crippen molar-refractivity contribution in [2.24, 2.45) is 0 Å². The zero-order chi connectivity index (χ0) is 19.3.